The van der Waals surface area contributed by atoms with Crippen LogP contribution < -0.4 is 15.6 Å². The van der Waals surface area contributed by atoms with Gasteiger partial charge in [0.25, 0.3) is 11.3 Å². The number of nitrogens with one attached hydrogen (secondary N) is 2. The van der Waals surface area contributed by atoms with Crippen molar-refractivity contribution in [2.45, 2.75) is 13.0 Å². The Morgan fingerprint density at radius 1 is 1.31 bits per heavy atom. The molecule has 0 atom stereocenters. The van der Waals surface area contributed by atoms with Crippen LogP contribution in [-0.2, 0) is 22.5 Å². The highest BCUT2D eigenvalue weighted by atomic mass is 79.9. The van der Waals surface area contributed by atoms with Gasteiger partial charge in [-0.05, 0) is 18.2 Å². The minimum atomic E-state index is -0.475. The normalized spacial score (nSPS) is 10.7. The van der Waals surface area contributed by atoms with Crippen molar-refractivity contribution in [1.82, 2.24) is 19.6 Å². The van der Waals surface area contributed by atoms with Crippen LogP contribution in [0.25, 0.3) is 5.78 Å². The Labute approximate surface area is 156 Å². The molecule has 3 aromatic rings. The van der Waals surface area contributed by atoms with Gasteiger partial charge in [-0.2, -0.15) is 9.50 Å². The van der Waals surface area contributed by atoms with E-state index in [0.29, 0.717) is 18.2 Å². The van der Waals surface area contributed by atoms with E-state index in [1.54, 1.807) is 7.11 Å². The van der Waals surface area contributed by atoms with E-state index in [1.165, 1.54) is 17.7 Å². The van der Waals surface area contributed by atoms with Crippen molar-refractivity contribution < 1.29 is 14.3 Å². The number of nitrogens with zero attached hydrogens (tertiary/aromatic N) is 3. The van der Waals surface area contributed by atoms with Crippen LogP contribution in [0.5, 0.6) is 5.75 Å². The first-order chi connectivity index (χ1) is 12.5. The third-order valence-electron chi connectivity index (χ3n) is 3.63. The van der Waals surface area contributed by atoms with Gasteiger partial charge in [0.15, 0.2) is 0 Å². The third-order valence-corrected chi connectivity index (χ3v) is 4.12. The summed E-state index contributed by atoms with van der Waals surface area (Å²) in [5.41, 5.74) is 0.845. The van der Waals surface area contributed by atoms with Crippen molar-refractivity contribution in [3.8, 4) is 5.75 Å². The molecule has 0 aliphatic rings. The van der Waals surface area contributed by atoms with Gasteiger partial charge in [-0.3, -0.25) is 14.7 Å². The lowest BCUT2D eigenvalue weighted by Gasteiger charge is -2.09. The van der Waals surface area contributed by atoms with Gasteiger partial charge in [0, 0.05) is 22.6 Å². The van der Waals surface area contributed by atoms with E-state index in [0.717, 1.165) is 15.8 Å². The average Bonchev–Trinajstić information content (AvgIpc) is 3.03. The zero-order valence-electron chi connectivity index (χ0n) is 14.1. The maximum absolute atomic E-state index is 12.1. The number of ether oxygens (including phenoxy) is 2. The summed E-state index contributed by atoms with van der Waals surface area (Å²) in [6, 6.07) is 6.93. The second kappa shape index (κ2) is 7.56. The van der Waals surface area contributed by atoms with E-state index < -0.39 is 5.97 Å². The van der Waals surface area contributed by atoms with Crippen molar-refractivity contribution in [1.29, 1.82) is 0 Å². The molecule has 2 aromatic heterocycles. The first-order valence-corrected chi connectivity index (χ1v) is 8.41. The summed E-state index contributed by atoms with van der Waals surface area (Å²) in [7, 11) is 2.88. The number of aromatic nitrogens is 4. The average molecular weight is 422 g/mol. The molecule has 10 heteroatoms. The number of methoxy groups -OCH3 is 2. The number of rotatable bonds is 6. The van der Waals surface area contributed by atoms with Crippen LogP contribution in [0.1, 0.15) is 11.3 Å². The summed E-state index contributed by atoms with van der Waals surface area (Å²) in [6.07, 6.45) is -0.0902. The predicted molar refractivity (Wildman–Crippen MR) is 97.3 cm³/mol. The summed E-state index contributed by atoms with van der Waals surface area (Å²) < 4.78 is 12.0. The molecule has 9 nitrogen and oxygen atoms in total. The van der Waals surface area contributed by atoms with E-state index in [9.17, 15) is 9.59 Å². The molecule has 136 valence electrons. The molecule has 2 N–H and O–H groups in total. The second-order valence-electron chi connectivity index (χ2n) is 5.36. The quantitative estimate of drug-likeness (QED) is 0.580. The zero-order chi connectivity index (χ0) is 18.7. The largest absolute Gasteiger partial charge is 0.496 e. The molecular weight excluding hydrogens is 406 g/mol. The Hall–Kier alpha value is -2.88. The maximum Gasteiger partial charge on any atom is 0.311 e. The lowest BCUT2D eigenvalue weighted by atomic mass is 10.2. The van der Waals surface area contributed by atoms with E-state index >= 15 is 0 Å². The van der Waals surface area contributed by atoms with Crippen LogP contribution in [0.3, 0.4) is 0 Å². The van der Waals surface area contributed by atoms with Crippen LogP contribution in [0.15, 0.2) is 33.5 Å². The molecule has 0 radical (unpaired) electrons. The standard InChI is InChI=1S/C16H16BrN5O4/c1-25-12-4-3-10(17)5-9(12)8-18-15-20-16-19-11(7-14(24)26-2)6-13(23)22(16)21-15/h3-6H,7-8H2,1-2H3,(H2,18,19,20,21). The van der Waals surface area contributed by atoms with E-state index in [-0.39, 0.29) is 17.8 Å². The molecule has 1 aromatic carbocycles. The Morgan fingerprint density at radius 3 is 2.85 bits per heavy atom. The van der Waals surface area contributed by atoms with Gasteiger partial charge in [-0.1, -0.05) is 15.9 Å². The lowest BCUT2D eigenvalue weighted by molar-refractivity contribution is -0.139. The minimum absolute atomic E-state index is 0.0902. The van der Waals surface area contributed by atoms with Crippen molar-refractivity contribution in [2.24, 2.45) is 0 Å². The molecule has 0 unspecified atom stereocenters. The first-order valence-electron chi connectivity index (χ1n) is 7.62. The topological polar surface area (TPSA) is 111 Å². The number of esters is 1. The van der Waals surface area contributed by atoms with Crippen LogP contribution in [0, 0.1) is 0 Å². The van der Waals surface area contributed by atoms with Gasteiger partial charge in [0.1, 0.15) is 5.75 Å². The number of hydrogen-bond acceptors (Lipinski definition) is 7. The highest BCUT2D eigenvalue weighted by Gasteiger charge is 2.11. The third kappa shape index (κ3) is 3.85. The number of aromatic amines is 1. The van der Waals surface area contributed by atoms with Gasteiger partial charge in [-0.15, -0.1) is 0 Å². The fourth-order valence-electron chi connectivity index (χ4n) is 2.38. The SMILES string of the molecule is COC(=O)Cc1cc(=O)n2[nH]c(NCc3cc(Br)ccc3OC)nc2n1. The van der Waals surface area contributed by atoms with Gasteiger partial charge in [0.2, 0.25) is 5.95 Å². The molecule has 0 saturated heterocycles. The first kappa shape index (κ1) is 17.9. The lowest BCUT2D eigenvalue weighted by Crippen LogP contribution is -2.17. The summed E-state index contributed by atoms with van der Waals surface area (Å²) in [4.78, 5) is 31.9. The Morgan fingerprint density at radius 2 is 2.12 bits per heavy atom. The second-order valence-corrected chi connectivity index (χ2v) is 6.27. The number of halogens is 1. The van der Waals surface area contributed by atoms with Gasteiger partial charge in [0.05, 0.1) is 26.3 Å². The van der Waals surface area contributed by atoms with Gasteiger partial charge in [-0.25, -0.2) is 4.98 Å². The molecule has 2 heterocycles. The molecule has 0 aliphatic heterocycles. The summed E-state index contributed by atoms with van der Waals surface area (Å²) >= 11 is 3.42. The van der Waals surface area contributed by atoms with Crippen molar-refractivity contribution in [2.75, 3.05) is 19.5 Å². The summed E-state index contributed by atoms with van der Waals surface area (Å²) in [5.74, 6) is 0.788. The number of H-pyrrole nitrogens is 1. The molecular formula is C16H16BrN5O4. The number of hydrogen-bond donors (Lipinski definition) is 2. The monoisotopic (exact) mass is 421 g/mol. The van der Waals surface area contributed by atoms with Crippen LogP contribution in [0.4, 0.5) is 5.95 Å². The van der Waals surface area contributed by atoms with Crippen LogP contribution >= 0.6 is 15.9 Å². The maximum atomic E-state index is 12.1. The predicted octanol–water partition coefficient (Wildman–Crippen LogP) is 1.52. The Kier molecular flexibility index (Phi) is 5.21. The molecule has 0 aliphatic carbocycles. The van der Waals surface area contributed by atoms with Gasteiger partial charge < -0.3 is 14.8 Å². The van der Waals surface area contributed by atoms with Crippen molar-refractivity contribution in [3.05, 3.63) is 50.3 Å². The fourth-order valence-corrected chi connectivity index (χ4v) is 2.79. The molecule has 0 bridgehead atoms. The zero-order valence-corrected chi connectivity index (χ0v) is 15.7. The molecule has 0 fully saturated rings. The van der Waals surface area contributed by atoms with E-state index in [2.05, 4.69) is 41.1 Å². The smallest absolute Gasteiger partial charge is 0.311 e. The number of benzene rings is 1. The van der Waals surface area contributed by atoms with Gasteiger partial charge >= 0.3 is 5.97 Å². The van der Waals surface area contributed by atoms with Crippen LogP contribution in [0.2, 0.25) is 0 Å². The number of carbonyl (C=O) groups excluding carboxylic acids is 1. The Balaban J connectivity index is 1.83. The van der Waals surface area contributed by atoms with E-state index in [4.69, 9.17) is 4.74 Å². The van der Waals surface area contributed by atoms with Crippen molar-refractivity contribution >= 4 is 33.6 Å². The molecule has 0 spiro atoms. The van der Waals surface area contributed by atoms with Crippen LogP contribution in [-0.4, -0.2) is 39.8 Å². The highest BCUT2D eigenvalue weighted by Crippen LogP contribution is 2.23. The summed E-state index contributed by atoms with van der Waals surface area (Å²) in [6.45, 7) is 0.423. The molecule has 0 amide bonds. The number of anilines is 1. The molecule has 3 rings (SSSR count). The Bertz CT molecular complexity index is 1010. The number of carbonyl (C=O) groups is 1. The summed E-state index contributed by atoms with van der Waals surface area (Å²) in [5, 5.41) is 5.92. The highest BCUT2D eigenvalue weighted by molar-refractivity contribution is 9.10. The molecule has 26 heavy (non-hydrogen) atoms. The van der Waals surface area contributed by atoms with Crippen molar-refractivity contribution in [3.63, 3.8) is 0 Å². The minimum Gasteiger partial charge on any atom is -0.496 e. The number of fused-ring (bicyclic) bond motifs is 1. The van der Waals surface area contributed by atoms with E-state index in [1.807, 2.05) is 18.2 Å². The molecule has 0 saturated carbocycles. The fraction of sp³-hybridized carbons (Fsp3) is 0.250.